The van der Waals surface area contributed by atoms with Gasteiger partial charge in [0.25, 0.3) is 0 Å². The number of carbonyl (C=O) groups is 1. The highest BCUT2D eigenvalue weighted by Gasteiger charge is 2.11. The van der Waals surface area contributed by atoms with E-state index in [-0.39, 0.29) is 16.5 Å². The second kappa shape index (κ2) is 3.20. The van der Waals surface area contributed by atoms with E-state index in [1.165, 1.54) is 12.3 Å². The minimum absolute atomic E-state index is 0.0427. The number of aromatic hydroxyl groups is 1. The first-order valence-electron chi connectivity index (χ1n) is 4.10. The summed E-state index contributed by atoms with van der Waals surface area (Å²) in [4.78, 5) is 14.6. The first-order valence-corrected chi connectivity index (χ1v) is 4.10. The molecule has 76 valence electrons. The standard InChI is InChI=1S/C10H6FNO3/c11-7-3-6-5(10(14)15)1-2-12-8(6)4-9(7)13/h1-4,13H,(H,14,15). The molecule has 1 heterocycles. The Morgan fingerprint density at radius 1 is 1.40 bits per heavy atom. The molecule has 2 N–H and O–H groups in total. The van der Waals surface area contributed by atoms with Crippen LogP contribution in [-0.2, 0) is 0 Å². The summed E-state index contributed by atoms with van der Waals surface area (Å²) in [5, 5.41) is 18.1. The zero-order valence-corrected chi connectivity index (χ0v) is 7.44. The van der Waals surface area contributed by atoms with E-state index in [4.69, 9.17) is 10.2 Å². The molecule has 1 aromatic carbocycles. The fraction of sp³-hybridized carbons (Fsp3) is 0. The van der Waals surface area contributed by atoms with Crippen LogP contribution < -0.4 is 0 Å². The quantitative estimate of drug-likeness (QED) is 0.747. The third-order valence-corrected chi connectivity index (χ3v) is 2.04. The number of carboxylic acid groups (broad SMARTS) is 1. The molecule has 0 unspecified atom stereocenters. The van der Waals surface area contributed by atoms with Gasteiger partial charge in [-0.2, -0.15) is 0 Å². The van der Waals surface area contributed by atoms with Gasteiger partial charge in [0, 0.05) is 17.6 Å². The van der Waals surface area contributed by atoms with E-state index < -0.39 is 17.5 Å². The Bertz CT molecular complexity index is 554. The lowest BCUT2D eigenvalue weighted by Crippen LogP contribution is -1.98. The van der Waals surface area contributed by atoms with Gasteiger partial charge in [0.05, 0.1) is 11.1 Å². The molecule has 5 heteroatoms. The van der Waals surface area contributed by atoms with Gasteiger partial charge in [0.15, 0.2) is 11.6 Å². The molecule has 0 bridgehead atoms. The molecule has 4 nitrogen and oxygen atoms in total. The van der Waals surface area contributed by atoms with E-state index >= 15 is 0 Å². The minimum Gasteiger partial charge on any atom is -0.505 e. The maximum absolute atomic E-state index is 13.0. The highest BCUT2D eigenvalue weighted by Crippen LogP contribution is 2.24. The summed E-state index contributed by atoms with van der Waals surface area (Å²) in [6.07, 6.45) is 1.29. The molecule has 2 aromatic rings. The van der Waals surface area contributed by atoms with Gasteiger partial charge in [-0.1, -0.05) is 0 Å². The van der Waals surface area contributed by atoms with Crippen molar-refractivity contribution in [3.8, 4) is 5.75 Å². The highest BCUT2D eigenvalue weighted by molar-refractivity contribution is 6.02. The number of halogens is 1. The van der Waals surface area contributed by atoms with Gasteiger partial charge in [-0.15, -0.1) is 0 Å². The summed E-state index contributed by atoms with van der Waals surface area (Å²) in [5.74, 6) is -2.57. The predicted octanol–water partition coefficient (Wildman–Crippen LogP) is 1.78. The van der Waals surface area contributed by atoms with Gasteiger partial charge in [0.1, 0.15) is 0 Å². The smallest absolute Gasteiger partial charge is 0.336 e. The molecule has 0 atom stereocenters. The van der Waals surface area contributed by atoms with Crippen molar-refractivity contribution < 1.29 is 19.4 Å². The molecular formula is C10H6FNO3. The lowest BCUT2D eigenvalue weighted by molar-refractivity contribution is 0.0699. The molecule has 0 saturated heterocycles. The lowest BCUT2D eigenvalue weighted by Gasteiger charge is -2.02. The summed E-state index contributed by atoms with van der Waals surface area (Å²) in [6, 6.07) is 3.33. The number of phenolic OH excluding ortho intramolecular Hbond substituents is 1. The average molecular weight is 207 g/mol. The Morgan fingerprint density at radius 3 is 2.80 bits per heavy atom. The number of fused-ring (bicyclic) bond motifs is 1. The molecule has 0 aliphatic carbocycles. The van der Waals surface area contributed by atoms with Gasteiger partial charge in [-0.3, -0.25) is 4.98 Å². The fourth-order valence-electron chi connectivity index (χ4n) is 1.34. The van der Waals surface area contributed by atoms with Gasteiger partial charge in [0.2, 0.25) is 0 Å². The summed E-state index contributed by atoms with van der Waals surface area (Å²) >= 11 is 0. The summed E-state index contributed by atoms with van der Waals surface area (Å²) in [7, 11) is 0. The zero-order valence-electron chi connectivity index (χ0n) is 7.44. The second-order valence-electron chi connectivity index (χ2n) is 2.98. The molecule has 0 aliphatic heterocycles. The Hall–Kier alpha value is -2.17. The molecular weight excluding hydrogens is 201 g/mol. The summed E-state index contributed by atoms with van der Waals surface area (Å²) < 4.78 is 13.0. The third kappa shape index (κ3) is 1.48. The van der Waals surface area contributed by atoms with Crippen LogP contribution in [0.15, 0.2) is 24.4 Å². The topological polar surface area (TPSA) is 70.4 Å². The number of pyridine rings is 1. The van der Waals surface area contributed by atoms with Crippen molar-refractivity contribution in [1.82, 2.24) is 4.98 Å². The number of phenols is 1. The van der Waals surface area contributed by atoms with E-state index in [1.54, 1.807) is 0 Å². The zero-order chi connectivity index (χ0) is 11.0. The van der Waals surface area contributed by atoms with Crippen molar-refractivity contribution >= 4 is 16.9 Å². The lowest BCUT2D eigenvalue weighted by atomic mass is 10.1. The Morgan fingerprint density at radius 2 is 2.13 bits per heavy atom. The van der Waals surface area contributed by atoms with Crippen LogP contribution in [0, 0.1) is 5.82 Å². The van der Waals surface area contributed by atoms with E-state index in [1.807, 2.05) is 0 Å². The number of benzene rings is 1. The molecule has 2 rings (SSSR count). The Labute approximate surface area is 83.6 Å². The number of aromatic carboxylic acids is 1. The van der Waals surface area contributed by atoms with Crippen LogP contribution in [-0.4, -0.2) is 21.2 Å². The molecule has 0 amide bonds. The van der Waals surface area contributed by atoms with Crippen LogP contribution in [0.25, 0.3) is 10.9 Å². The molecule has 0 spiro atoms. The Balaban J connectivity index is 2.86. The van der Waals surface area contributed by atoms with Gasteiger partial charge >= 0.3 is 5.97 Å². The van der Waals surface area contributed by atoms with Crippen LogP contribution in [0.2, 0.25) is 0 Å². The average Bonchev–Trinajstić information content (AvgIpc) is 2.18. The number of aromatic nitrogens is 1. The number of hydrogen-bond donors (Lipinski definition) is 2. The maximum Gasteiger partial charge on any atom is 0.336 e. The number of hydrogen-bond acceptors (Lipinski definition) is 3. The number of nitrogens with zero attached hydrogens (tertiary/aromatic N) is 1. The number of carboxylic acids is 1. The molecule has 15 heavy (non-hydrogen) atoms. The Kier molecular flexibility index (Phi) is 2.00. The molecule has 0 aliphatic rings. The monoisotopic (exact) mass is 207 g/mol. The van der Waals surface area contributed by atoms with Crippen molar-refractivity contribution in [2.45, 2.75) is 0 Å². The molecule has 1 aromatic heterocycles. The summed E-state index contributed by atoms with van der Waals surface area (Å²) in [6.45, 7) is 0. The maximum atomic E-state index is 13.0. The van der Waals surface area contributed by atoms with E-state index in [2.05, 4.69) is 4.98 Å². The van der Waals surface area contributed by atoms with E-state index in [0.29, 0.717) is 0 Å². The SMILES string of the molecule is O=C(O)c1ccnc2cc(O)c(F)cc12. The third-order valence-electron chi connectivity index (χ3n) is 2.04. The number of rotatable bonds is 1. The summed E-state index contributed by atoms with van der Waals surface area (Å²) in [5.41, 5.74) is 0.202. The molecule has 0 radical (unpaired) electrons. The van der Waals surface area contributed by atoms with Crippen LogP contribution in [0.3, 0.4) is 0 Å². The largest absolute Gasteiger partial charge is 0.505 e. The second-order valence-corrected chi connectivity index (χ2v) is 2.98. The van der Waals surface area contributed by atoms with Crippen LogP contribution >= 0.6 is 0 Å². The van der Waals surface area contributed by atoms with Crippen molar-refractivity contribution in [2.75, 3.05) is 0 Å². The van der Waals surface area contributed by atoms with Crippen molar-refractivity contribution in [3.63, 3.8) is 0 Å². The van der Waals surface area contributed by atoms with Gasteiger partial charge in [-0.05, 0) is 12.1 Å². The van der Waals surface area contributed by atoms with Crippen molar-refractivity contribution in [1.29, 1.82) is 0 Å². The first-order chi connectivity index (χ1) is 7.09. The van der Waals surface area contributed by atoms with Crippen molar-refractivity contribution in [3.05, 3.63) is 35.8 Å². The van der Waals surface area contributed by atoms with Gasteiger partial charge < -0.3 is 10.2 Å². The van der Waals surface area contributed by atoms with Crippen molar-refractivity contribution in [2.24, 2.45) is 0 Å². The first kappa shape index (κ1) is 9.39. The van der Waals surface area contributed by atoms with Crippen LogP contribution in [0.5, 0.6) is 5.75 Å². The van der Waals surface area contributed by atoms with E-state index in [0.717, 1.165) is 12.1 Å². The molecule has 0 fully saturated rings. The van der Waals surface area contributed by atoms with Gasteiger partial charge in [-0.25, -0.2) is 9.18 Å². The van der Waals surface area contributed by atoms with E-state index in [9.17, 15) is 9.18 Å². The normalized spacial score (nSPS) is 10.5. The predicted molar refractivity (Wildman–Crippen MR) is 50.3 cm³/mol. The fourth-order valence-corrected chi connectivity index (χ4v) is 1.34. The minimum atomic E-state index is -1.16. The highest BCUT2D eigenvalue weighted by atomic mass is 19.1. The molecule has 0 saturated carbocycles. The van der Waals surface area contributed by atoms with Crippen LogP contribution in [0.4, 0.5) is 4.39 Å². The van der Waals surface area contributed by atoms with Crippen LogP contribution in [0.1, 0.15) is 10.4 Å².